The fraction of sp³-hybridized carbons (Fsp3) is 0.545. The Morgan fingerprint density at radius 3 is 2.93 bits per heavy atom. The van der Waals surface area contributed by atoms with Gasteiger partial charge in [0.25, 0.3) is 0 Å². The van der Waals surface area contributed by atoms with Gasteiger partial charge in [0.1, 0.15) is 0 Å². The first-order valence-electron chi connectivity index (χ1n) is 5.11. The quantitative estimate of drug-likeness (QED) is 0.830. The van der Waals surface area contributed by atoms with E-state index in [1.165, 1.54) is 5.56 Å². The summed E-state index contributed by atoms with van der Waals surface area (Å²) in [6.07, 6.45) is 0.757. The molecule has 1 atom stereocenters. The van der Waals surface area contributed by atoms with Crippen molar-refractivity contribution in [1.82, 2.24) is 4.90 Å². The van der Waals surface area contributed by atoms with Crippen molar-refractivity contribution in [2.24, 2.45) is 11.7 Å². The number of nitrogens with two attached hydrogens (primary N) is 1. The predicted molar refractivity (Wildman–Crippen MR) is 63.6 cm³/mol. The number of carbonyl (C=O) groups excluding carboxylic acids is 1. The molecule has 1 unspecified atom stereocenters. The molecule has 0 spiro atoms. The minimum Gasteiger partial charge on any atom is -0.341 e. The van der Waals surface area contributed by atoms with E-state index in [0.717, 1.165) is 6.42 Å². The fourth-order valence-corrected chi connectivity index (χ4v) is 2.14. The molecule has 0 aliphatic rings. The van der Waals surface area contributed by atoms with Crippen molar-refractivity contribution < 1.29 is 4.79 Å². The summed E-state index contributed by atoms with van der Waals surface area (Å²) in [6, 6.07) is 2.04. The van der Waals surface area contributed by atoms with Crippen LogP contribution in [0.5, 0.6) is 0 Å². The summed E-state index contributed by atoms with van der Waals surface area (Å²) < 4.78 is 0. The molecule has 0 aromatic carbocycles. The summed E-state index contributed by atoms with van der Waals surface area (Å²) in [7, 11) is 1.84. The summed E-state index contributed by atoms with van der Waals surface area (Å²) in [4.78, 5) is 13.6. The lowest BCUT2D eigenvalue weighted by Gasteiger charge is -2.20. The van der Waals surface area contributed by atoms with Crippen LogP contribution in [0, 0.1) is 5.92 Å². The number of nitrogens with zero attached hydrogens (tertiary/aromatic N) is 1. The molecule has 0 fully saturated rings. The number of amides is 1. The Balaban J connectivity index is 2.46. The van der Waals surface area contributed by atoms with Gasteiger partial charge < -0.3 is 10.6 Å². The number of rotatable bonds is 5. The van der Waals surface area contributed by atoms with E-state index in [1.807, 2.05) is 25.4 Å². The Morgan fingerprint density at radius 2 is 2.40 bits per heavy atom. The van der Waals surface area contributed by atoms with E-state index in [4.69, 9.17) is 5.73 Å². The van der Waals surface area contributed by atoms with Crippen LogP contribution in [0.4, 0.5) is 0 Å². The van der Waals surface area contributed by atoms with Gasteiger partial charge in [0, 0.05) is 19.5 Å². The van der Waals surface area contributed by atoms with Gasteiger partial charge in [-0.15, -0.1) is 0 Å². The van der Waals surface area contributed by atoms with Crippen LogP contribution in [-0.2, 0) is 11.3 Å². The summed E-state index contributed by atoms with van der Waals surface area (Å²) >= 11 is 1.65. The van der Waals surface area contributed by atoms with E-state index in [9.17, 15) is 4.79 Å². The molecule has 15 heavy (non-hydrogen) atoms. The van der Waals surface area contributed by atoms with E-state index in [2.05, 4.69) is 5.38 Å². The van der Waals surface area contributed by atoms with E-state index in [-0.39, 0.29) is 11.8 Å². The smallest absolute Gasteiger partial charge is 0.225 e. The van der Waals surface area contributed by atoms with E-state index >= 15 is 0 Å². The largest absolute Gasteiger partial charge is 0.341 e. The van der Waals surface area contributed by atoms with Gasteiger partial charge in [-0.05, 0) is 35.4 Å². The lowest BCUT2D eigenvalue weighted by molar-refractivity contribution is -0.134. The van der Waals surface area contributed by atoms with Crippen molar-refractivity contribution in [1.29, 1.82) is 0 Å². The van der Waals surface area contributed by atoms with Crippen molar-refractivity contribution in [2.45, 2.75) is 19.9 Å². The molecule has 1 aromatic heterocycles. The molecule has 4 heteroatoms. The summed E-state index contributed by atoms with van der Waals surface area (Å²) in [5, 5.41) is 4.09. The Morgan fingerprint density at radius 1 is 1.67 bits per heavy atom. The van der Waals surface area contributed by atoms with Crippen LogP contribution in [0.1, 0.15) is 18.9 Å². The zero-order chi connectivity index (χ0) is 11.3. The molecule has 0 saturated heterocycles. The van der Waals surface area contributed by atoms with E-state index in [1.54, 1.807) is 16.2 Å². The predicted octanol–water partition coefficient (Wildman–Crippen LogP) is 1.69. The van der Waals surface area contributed by atoms with E-state index < -0.39 is 0 Å². The highest BCUT2D eigenvalue weighted by molar-refractivity contribution is 7.07. The van der Waals surface area contributed by atoms with Crippen LogP contribution < -0.4 is 5.73 Å². The molecule has 0 radical (unpaired) electrons. The molecule has 1 amide bonds. The Bertz CT molecular complexity index is 298. The molecule has 0 aliphatic heterocycles. The maximum Gasteiger partial charge on any atom is 0.225 e. The second-order valence-electron chi connectivity index (χ2n) is 3.80. The fourth-order valence-electron chi connectivity index (χ4n) is 1.48. The Labute approximate surface area is 94.9 Å². The highest BCUT2D eigenvalue weighted by Gasteiger charge is 2.16. The number of hydrogen-bond donors (Lipinski definition) is 1. The summed E-state index contributed by atoms with van der Waals surface area (Å²) in [5.41, 5.74) is 6.62. The van der Waals surface area contributed by atoms with Crippen molar-refractivity contribution in [3.8, 4) is 0 Å². The topological polar surface area (TPSA) is 46.3 Å². The van der Waals surface area contributed by atoms with Gasteiger partial charge in [-0.1, -0.05) is 6.92 Å². The summed E-state index contributed by atoms with van der Waals surface area (Å²) in [5.74, 6) is 0.199. The number of carbonyl (C=O) groups is 1. The Kier molecular flexibility index (Phi) is 4.78. The zero-order valence-electron chi connectivity index (χ0n) is 9.27. The monoisotopic (exact) mass is 226 g/mol. The lowest BCUT2D eigenvalue weighted by atomic mass is 10.1. The molecule has 84 valence electrons. The molecule has 2 N–H and O–H groups in total. The molecule has 1 rings (SSSR count). The van der Waals surface area contributed by atoms with Crippen LogP contribution >= 0.6 is 11.3 Å². The second kappa shape index (κ2) is 5.88. The van der Waals surface area contributed by atoms with Gasteiger partial charge in [-0.3, -0.25) is 4.79 Å². The standard InChI is InChI=1S/C11H18N2OS/c1-9(3-5-12)11(14)13(2)7-10-4-6-15-8-10/h4,6,8-9H,3,5,7,12H2,1-2H3. The van der Waals surface area contributed by atoms with Gasteiger partial charge >= 0.3 is 0 Å². The Hall–Kier alpha value is -0.870. The van der Waals surface area contributed by atoms with Crippen molar-refractivity contribution >= 4 is 17.2 Å². The minimum atomic E-state index is 0.0265. The average Bonchev–Trinajstić information content (AvgIpc) is 2.69. The number of hydrogen-bond acceptors (Lipinski definition) is 3. The first kappa shape index (κ1) is 12.2. The molecular formula is C11H18N2OS. The lowest BCUT2D eigenvalue weighted by Crippen LogP contribution is -2.32. The molecule has 0 bridgehead atoms. The zero-order valence-corrected chi connectivity index (χ0v) is 10.1. The van der Waals surface area contributed by atoms with Gasteiger partial charge in [0.05, 0.1) is 0 Å². The van der Waals surface area contributed by atoms with Crippen LogP contribution in [-0.4, -0.2) is 24.4 Å². The highest BCUT2D eigenvalue weighted by Crippen LogP contribution is 2.11. The SMILES string of the molecule is CC(CCN)C(=O)N(C)Cc1ccsc1. The van der Waals surface area contributed by atoms with Crippen molar-refractivity contribution in [3.05, 3.63) is 22.4 Å². The van der Waals surface area contributed by atoms with Crippen molar-refractivity contribution in [2.75, 3.05) is 13.6 Å². The van der Waals surface area contributed by atoms with Gasteiger partial charge in [-0.25, -0.2) is 0 Å². The van der Waals surface area contributed by atoms with Gasteiger partial charge in [0.2, 0.25) is 5.91 Å². The molecule has 1 aromatic rings. The average molecular weight is 226 g/mol. The van der Waals surface area contributed by atoms with Crippen molar-refractivity contribution in [3.63, 3.8) is 0 Å². The molecule has 0 aliphatic carbocycles. The first-order chi connectivity index (χ1) is 7.15. The highest BCUT2D eigenvalue weighted by atomic mass is 32.1. The first-order valence-corrected chi connectivity index (χ1v) is 6.05. The molecule has 0 saturated carbocycles. The maximum atomic E-state index is 11.8. The maximum absolute atomic E-state index is 11.8. The normalized spacial score (nSPS) is 12.5. The van der Waals surface area contributed by atoms with Gasteiger partial charge in [0.15, 0.2) is 0 Å². The minimum absolute atomic E-state index is 0.0265. The van der Waals surface area contributed by atoms with Crippen LogP contribution in [0.3, 0.4) is 0 Å². The second-order valence-corrected chi connectivity index (χ2v) is 4.58. The molecule has 3 nitrogen and oxygen atoms in total. The van der Waals surface area contributed by atoms with Gasteiger partial charge in [-0.2, -0.15) is 11.3 Å². The molecular weight excluding hydrogens is 208 g/mol. The van der Waals surface area contributed by atoms with E-state index in [0.29, 0.717) is 13.1 Å². The molecule has 1 heterocycles. The third-order valence-corrected chi connectivity index (χ3v) is 3.13. The van der Waals surface area contributed by atoms with Crippen LogP contribution in [0.25, 0.3) is 0 Å². The number of thiophene rings is 1. The van der Waals surface area contributed by atoms with Crippen LogP contribution in [0.2, 0.25) is 0 Å². The van der Waals surface area contributed by atoms with Crippen LogP contribution in [0.15, 0.2) is 16.8 Å². The summed E-state index contributed by atoms with van der Waals surface area (Å²) in [6.45, 7) is 3.19. The third kappa shape index (κ3) is 3.64. The third-order valence-electron chi connectivity index (χ3n) is 2.40.